The van der Waals surface area contributed by atoms with Gasteiger partial charge in [0.05, 0.1) is 17.1 Å². The van der Waals surface area contributed by atoms with Gasteiger partial charge < -0.3 is 10.6 Å². The molecule has 0 aliphatic rings. The van der Waals surface area contributed by atoms with Crippen LogP contribution in [-0.2, 0) is 4.79 Å². The van der Waals surface area contributed by atoms with Gasteiger partial charge in [-0.05, 0) is 71.3 Å². The number of amides is 2. The van der Waals surface area contributed by atoms with Gasteiger partial charge in [-0.15, -0.1) is 0 Å². The number of carbonyl (C=O) groups excluding carboxylic acids is 2. The van der Waals surface area contributed by atoms with Crippen LogP contribution in [0.3, 0.4) is 0 Å². The number of benzene rings is 3. The molecule has 38 heavy (non-hydrogen) atoms. The lowest BCUT2D eigenvalue weighted by atomic mass is 9.93. The van der Waals surface area contributed by atoms with E-state index in [9.17, 15) is 14.9 Å². The van der Waals surface area contributed by atoms with Crippen LogP contribution in [-0.4, -0.2) is 26.8 Å². The van der Waals surface area contributed by atoms with Crippen molar-refractivity contribution in [2.24, 2.45) is 0 Å². The first kappa shape index (κ1) is 24.0. The summed E-state index contributed by atoms with van der Waals surface area (Å²) in [4.78, 5) is 37.3. The van der Waals surface area contributed by atoms with E-state index in [0.29, 0.717) is 28.2 Å². The summed E-state index contributed by atoms with van der Waals surface area (Å²) in [5.41, 5.74) is 5.05. The Hall–Kier alpha value is -5.68. The highest BCUT2D eigenvalue weighted by Gasteiger charge is 2.15. The third kappa shape index (κ3) is 4.98. The van der Waals surface area contributed by atoms with Crippen molar-refractivity contribution in [1.29, 1.82) is 5.26 Å². The van der Waals surface area contributed by atoms with Gasteiger partial charge in [-0.1, -0.05) is 30.8 Å². The van der Waals surface area contributed by atoms with Crippen LogP contribution >= 0.6 is 0 Å². The number of rotatable bonds is 6. The molecule has 8 nitrogen and oxygen atoms in total. The van der Waals surface area contributed by atoms with Gasteiger partial charge in [-0.25, -0.2) is 15.0 Å². The molecule has 0 spiro atoms. The third-order valence-corrected chi connectivity index (χ3v) is 5.85. The van der Waals surface area contributed by atoms with Crippen LogP contribution < -0.4 is 10.6 Å². The third-order valence-electron chi connectivity index (χ3n) is 5.85. The Kier molecular flexibility index (Phi) is 6.65. The quantitative estimate of drug-likeness (QED) is 0.295. The maximum atomic E-state index is 12.8. The molecule has 0 saturated heterocycles. The highest BCUT2D eigenvalue weighted by molar-refractivity contribution is 6.05. The van der Waals surface area contributed by atoms with E-state index in [1.165, 1.54) is 12.4 Å². The smallest absolute Gasteiger partial charge is 0.256 e. The zero-order chi connectivity index (χ0) is 26.5. The van der Waals surface area contributed by atoms with Crippen LogP contribution in [0.2, 0.25) is 0 Å². The number of anilines is 2. The van der Waals surface area contributed by atoms with Crippen molar-refractivity contribution in [2.75, 3.05) is 10.6 Å². The second-order valence-electron chi connectivity index (χ2n) is 8.30. The number of pyridine rings is 1. The Balaban J connectivity index is 1.57. The number of hydrogen-bond acceptors (Lipinski definition) is 6. The minimum Gasteiger partial charge on any atom is -0.323 e. The van der Waals surface area contributed by atoms with Crippen molar-refractivity contribution < 1.29 is 9.59 Å². The monoisotopic (exact) mass is 496 g/mol. The van der Waals surface area contributed by atoms with Gasteiger partial charge in [0.25, 0.3) is 5.91 Å². The van der Waals surface area contributed by atoms with Crippen LogP contribution in [0, 0.1) is 11.3 Å². The number of nitriles is 1. The molecular formula is C30H20N6O2. The Morgan fingerprint density at radius 3 is 2.58 bits per heavy atom. The van der Waals surface area contributed by atoms with Crippen LogP contribution in [0.5, 0.6) is 0 Å². The Morgan fingerprint density at radius 1 is 0.895 bits per heavy atom. The Bertz CT molecular complexity index is 1740. The average molecular weight is 497 g/mol. The summed E-state index contributed by atoms with van der Waals surface area (Å²) < 4.78 is 0. The van der Waals surface area contributed by atoms with Crippen LogP contribution in [0.15, 0.2) is 104 Å². The number of nitrogens with one attached hydrogen (secondary N) is 2. The zero-order valence-electron chi connectivity index (χ0n) is 20.1. The van der Waals surface area contributed by atoms with Crippen molar-refractivity contribution in [3.05, 3.63) is 115 Å². The molecule has 2 amide bonds. The fourth-order valence-electron chi connectivity index (χ4n) is 4.09. The number of fused-ring (bicyclic) bond motifs is 1. The van der Waals surface area contributed by atoms with Crippen LogP contribution in [0.1, 0.15) is 15.9 Å². The molecule has 3 aromatic carbocycles. The predicted molar refractivity (Wildman–Crippen MR) is 146 cm³/mol. The summed E-state index contributed by atoms with van der Waals surface area (Å²) in [5, 5.41) is 16.2. The van der Waals surface area contributed by atoms with Crippen molar-refractivity contribution in [2.45, 2.75) is 0 Å². The maximum absolute atomic E-state index is 12.8. The highest BCUT2D eigenvalue weighted by atomic mass is 16.2. The van der Waals surface area contributed by atoms with E-state index < -0.39 is 0 Å². The summed E-state index contributed by atoms with van der Waals surface area (Å²) in [5.74, 6) is -0.252. The van der Waals surface area contributed by atoms with Crippen molar-refractivity contribution in [3.63, 3.8) is 0 Å². The molecule has 0 bridgehead atoms. The molecule has 0 radical (unpaired) electrons. The Morgan fingerprint density at radius 2 is 1.79 bits per heavy atom. The fourth-order valence-corrected chi connectivity index (χ4v) is 4.09. The molecule has 8 heteroatoms. The van der Waals surface area contributed by atoms with Gasteiger partial charge in [0.15, 0.2) is 0 Å². The number of nitrogens with zero attached hydrogens (tertiary/aromatic N) is 4. The number of hydrogen-bond donors (Lipinski definition) is 2. The molecule has 0 atom stereocenters. The first-order valence-corrected chi connectivity index (χ1v) is 11.6. The molecule has 182 valence electrons. The zero-order valence-corrected chi connectivity index (χ0v) is 20.1. The van der Waals surface area contributed by atoms with Crippen molar-refractivity contribution >= 4 is 34.2 Å². The minimum atomic E-state index is -0.363. The molecular weight excluding hydrogens is 476 g/mol. The largest absolute Gasteiger partial charge is 0.323 e. The van der Waals surface area contributed by atoms with Gasteiger partial charge in [0, 0.05) is 34.6 Å². The molecule has 0 saturated carbocycles. The molecule has 0 fully saturated rings. The first-order chi connectivity index (χ1) is 18.6. The SMILES string of the molecule is C=CC(=O)Nc1cccc(-c2cc(-c3ccc(C(=O)Nc4ccccn4)cc3C#N)cc3cncnc23)c1. The van der Waals surface area contributed by atoms with Crippen molar-refractivity contribution in [1.82, 2.24) is 15.0 Å². The molecule has 2 N–H and O–H groups in total. The first-order valence-electron chi connectivity index (χ1n) is 11.6. The second kappa shape index (κ2) is 10.5. The normalized spacial score (nSPS) is 10.4. The standard InChI is InChI=1S/C30H20N6O2/c1-2-28(37)35-24-7-5-6-19(14-24)26-15-21(13-23-17-32-18-34-29(23)26)25-10-9-20(12-22(25)16-31)30(38)36-27-8-3-4-11-33-27/h2-15,17-18H,1H2,(H,35,37)(H,33,36,38). The molecule has 5 rings (SSSR count). The highest BCUT2D eigenvalue weighted by Crippen LogP contribution is 2.35. The summed E-state index contributed by atoms with van der Waals surface area (Å²) in [6.45, 7) is 3.49. The summed E-state index contributed by atoms with van der Waals surface area (Å²) >= 11 is 0. The topological polar surface area (TPSA) is 121 Å². The van der Waals surface area contributed by atoms with Gasteiger partial charge in [0.2, 0.25) is 5.91 Å². The summed E-state index contributed by atoms with van der Waals surface area (Å²) in [6, 6.07) is 23.7. The fraction of sp³-hybridized carbons (Fsp3) is 0. The Labute approximate surface area is 218 Å². The lowest BCUT2D eigenvalue weighted by molar-refractivity contribution is -0.111. The van der Waals surface area contributed by atoms with Gasteiger partial charge >= 0.3 is 0 Å². The molecule has 2 aromatic heterocycles. The van der Waals surface area contributed by atoms with E-state index in [1.807, 2.05) is 30.3 Å². The van der Waals surface area contributed by atoms with E-state index in [1.54, 1.807) is 54.9 Å². The van der Waals surface area contributed by atoms with E-state index in [4.69, 9.17) is 0 Å². The average Bonchev–Trinajstić information content (AvgIpc) is 2.96. The predicted octanol–water partition coefficient (Wildman–Crippen LogP) is 5.61. The lowest BCUT2D eigenvalue weighted by Gasteiger charge is -2.13. The van der Waals surface area contributed by atoms with E-state index >= 15 is 0 Å². The van der Waals surface area contributed by atoms with E-state index in [0.717, 1.165) is 27.6 Å². The van der Waals surface area contributed by atoms with Crippen LogP contribution in [0.25, 0.3) is 33.2 Å². The van der Waals surface area contributed by atoms with Gasteiger partial charge in [-0.3, -0.25) is 9.59 Å². The molecule has 0 unspecified atom stereocenters. The van der Waals surface area contributed by atoms with E-state index in [2.05, 4.69) is 38.2 Å². The van der Waals surface area contributed by atoms with E-state index in [-0.39, 0.29) is 11.8 Å². The molecule has 5 aromatic rings. The lowest BCUT2D eigenvalue weighted by Crippen LogP contribution is -2.13. The molecule has 0 aliphatic carbocycles. The minimum absolute atomic E-state index is 0.311. The number of carbonyl (C=O) groups is 2. The molecule has 2 heterocycles. The second-order valence-corrected chi connectivity index (χ2v) is 8.30. The maximum Gasteiger partial charge on any atom is 0.256 e. The summed E-state index contributed by atoms with van der Waals surface area (Å²) in [6.07, 6.45) is 5.98. The van der Waals surface area contributed by atoms with Gasteiger partial charge in [-0.2, -0.15) is 5.26 Å². The van der Waals surface area contributed by atoms with Crippen LogP contribution in [0.4, 0.5) is 11.5 Å². The summed E-state index contributed by atoms with van der Waals surface area (Å²) in [7, 11) is 0. The molecule has 0 aliphatic heterocycles. The van der Waals surface area contributed by atoms with Gasteiger partial charge in [0.1, 0.15) is 12.1 Å². The number of aromatic nitrogens is 3. The van der Waals surface area contributed by atoms with Crippen molar-refractivity contribution in [3.8, 4) is 28.3 Å².